The molecule has 2 N–H and O–H groups in total. The number of hydrazone groups is 1. The Labute approximate surface area is 130 Å². The van der Waals surface area contributed by atoms with Crippen LogP contribution in [0.25, 0.3) is 0 Å². The molecule has 0 atom stereocenters. The van der Waals surface area contributed by atoms with Gasteiger partial charge < -0.3 is 5.11 Å². The Bertz CT molecular complexity index is 744. The third-order valence-electron chi connectivity index (χ3n) is 2.68. The molecule has 0 aromatic heterocycles. The first-order valence-electron chi connectivity index (χ1n) is 6.04. The highest BCUT2D eigenvalue weighted by Crippen LogP contribution is 2.24. The molecule has 0 aliphatic carbocycles. The molecule has 0 heterocycles. The number of nitro groups is 1. The molecule has 22 heavy (non-hydrogen) atoms. The molecule has 1 amide bonds. The normalized spacial score (nSPS) is 10.6. The van der Waals surface area contributed by atoms with Crippen LogP contribution in [0, 0.1) is 10.1 Å². The van der Waals surface area contributed by atoms with Crippen molar-refractivity contribution in [2.75, 3.05) is 0 Å². The zero-order valence-corrected chi connectivity index (χ0v) is 11.8. The van der Waals surface area contributed by atoms with Gasteiger partial charge in [-0.05, 0) is 42.0 Å². The van der Waals surface area contributed by atoms with Crippen molar-refractivity contribution in [3.8, 4) is 5.75 Å². The molecule has 8 heteroatoms. The first-order valence-corrected chi connectivity index (χ1v) is 6.41. The van der Waals surface area contributed by atoms with Crippen molar-refractivity contribution in [3.05, 3.63) is 68.7 Å². The fourth-order valence-electron chi connectivity index (χ4n) is 1.58. The monoisotopic (exact) mass is 319 g/mol. The molecular weight excluding hydrogens is 310 g/mol. The molecule has 0 saturated carbocycles. The van der Waals surface area contributed by atoms with Crippen LogP contribution < -0.4 is 5.43 Å². The van der Waals surface area contributed by atoms with Gasteiger partial charge in [-0.15, -0.1) is 0 Å². The first kappa shape index (κ1) is 15.5. The van der Waals surface area contributed by atoms with E-state index in [1.54, 1.807) is 12.1 Å². The Balaban J connectivity index is 2.08. The maximum absolute atomic E-state index is 11.8. The highest BCUT2D eigenvalue weighted by molar-refractivity contribution is 6.32. The maximum atomic E-state index is 11.8. The Morgan fingerprint density at radius 1 is 1.27 bits per heavy atom. The van der Waals surface area contributed by atoms with Gasteiger partial charge in [-0.2, -0.15) is 5.10 Å². The van der Waals surface area contributed by atoms with E-state index >= 15 is 0 Å². The molecule has 0 aliphatic rings. The van der Waals surface area contributed by atoms with E-state index in [9.17, 15) is 14.9 Å². The second kappa shape index (κ2) is 6.68. The van der Waals surface area contributed by atoms with Crippen LogP contribution >= 0.6 is 11.6 Å². The second-order valence-corrected chi connectivity index (χ2v) is 4.62. The summed E-state index contributed by atoms with van der Waals surface area (Å²) in [5.74, 6) is -0.482. The number of nitrogens with zero attached hydrogens (tertiary/aromatic N) is 2. The maximum Gasteiger partial charge on any atom is 0.288 e. The quantitative estimate of drug-likeness (QED) is 0.513. The summed E-state index contributed by atoms with van der Waals surface area (Å²) in [7, 11) is 0. The molecule has 112 valence electrons. The van der Waals surface area contributed by atoms with Gasteiger partial charge in [0.25, 0.3) is 11.6 Å². The van der Waals surface area contributed by atoms with Gasteiger partial charge >= 0.3 is 0 Å². The predicted octanol–water partition coefficient (Wildman–Crippen LogP) is 2.72. The number of hydrogen-bond donors (Lipinski definition) is 2. The molecule has 0 fully saturated rings. The molecule has 2 aromatic carbocycles. The number of carbonyl (C=O) groups is 1. The Hall–Kier alpha value is -2.93. The van der Waals surface area contributed by atoms with Gasteiger partial charge in [-0.1, -0.05) is 11.6 Å². The fourth-order valence-corrected chi connectivity index (χ4v) is 1.77. The van der Waals surface area contributed by atoms with Crippen molar-refractivity contribution in [1.82, 2.24) is 5.43 Å². The predicted molar refractivity (Wildman–Crippen MR) is 81.3 cm³/mol. The fraction of sp³-hybridized carbons (Fsp3) is 0. The standard InChI is InChI=1S/C14H10ClN3O4/c15-12-6-3-10(7-13(12)18(21)22)14(20)17-16-8-9-1-4-11(19)5-2-9/h1-8,19H,(H,17,20). The molecule has 7 nitrogen and oxygen atoms in total. The van der Waals surface area contributed by atoms with Gasteiger partial charge in [0.05, 0.1) is 11.1 Å². The van der Waals surface area contributed by atoms with Gasteiger partial charge in [0.2, 0.25) is 0 Å². The minimum Gasteiger partial charge on any atom is -0.508 e. The molecule has 0 spiro atoms. The summed E-state index contributed by atoms with van der Waals surface area (Å²) >= 11 is 5.67. The van der Waals surface area contributed by atoms with Crippen molar-refractivity contribution in [2.45, 2.75) is 0 Å². The van der Waals surface area contributed by atoms with Crippen molar-refractivity contribution < 1.29 is 14.8 Å². The Morgan fingerprint density at radius 3 is 2.59 bits per heavy atom. The van der Waals surface area contributed by atoms with E-state index in [1.807, 2.05) is 0 Å². The van der Waals surface area contributed by atoms with Crippen molar-refractivity contribution in [2.24, 2.45) is 5.10 Å². The summed E-state index contributed by atoms with van der Waals surface area (Å²) < 4.78 is 0. The van der Waals surface area contributed by atoms with E-state index < -0.39 is 10.8 Å². The summed E-state index contributed by atoms with van der Waals surface area (Å²) in [6.45, 7) is 0. The lowest BCUT2D eigenvalue weighted by Crippen LogP contribution is -2.17. The minimum absolute atomic E-state index is 0.0471. The Morgan fingerprint density at radius 2 is 1.95 bits per heavy atom. The summed E-state index contributed by atoms with van der Waals surface area (Å²) in [5.41, 5.74) is 2.64. The molecule has 0 saturated heterocycles. The van der Waals surface area contributed by atoms with E-state index in [0.717, 1.165) is 6.07 Å². The molecule has 0 unspecified atom stereocenters. The number of phenols is 1. The number of hydrogen-bond acceptors (Lipinski definition) is 5. The number of carbonyl (C=O) groups excluding carboxylic acids is 1. The molecule has 0 bridgehead atoms. The highest BCUT2D eigenvalue weighted by atomic mass is 35.5. The van der Waals surface area contributed by atoms with Crippen LogP contribution in [0.1, 0.15) is 15.9 Å². The van der Waals surface area contributed by atoms with Crippen molar-refractivity contribution in [3.63, 3.8) is 0 Å². The van der Waals surface area contributed by atoms with E-state index in [-0.39, 0.29) is 22.0 Å². The van der Waals surface area contributed by atoms with E-state index in [0.29, 0.717) is 5.56 Å². The number of halogens is 1. The zero-order valence-electron chi connectivity index (χ0n) is 11.1. The van der Waals surface area contributed by atoms with Crippen molar-refractivity contribution in [1.29, 1.82) is 0 Å². The van der Waals surface area contributed by atoms with Gasteiger partial charge in [-0.25, -0.2) is 5.43 Å². The van der Waals surface area contributed by atoms with Crippen LogP contribution in [0.5, 0.6) is 5.75 Å². The third kappa shape index (κ3) is 3.80. The van der Waals surface area contributed by atoms with Gasteiger partial charge in [0, 0.05) is 11.6 Å². The lowest BCUT2D eigenvalue weighted by atomic mass is 10.2. The van der Waals surface area contributed by atoms with E-state index in [4.69, 9.17) is 16.7 Å². The summed E-state index contributed by atoms with van der Waals surface area (Å²) in [4.78, 5) is 21.9. The molecule has 2 aromatic rings. The molecular formula is C14H10ClN3O4. The number of phenolic OH excluding ortho intramolecular Hbond substituents is 1. The minimum atomic E-state index is -0.668. The summed E-state index contributed by atoms with van der Waals surface area (Å²) in [5, 5.41) is 23.6. The largest absolute Gasteiger partial charge is 0.508 e. The number of amides is 1. The first-order chi connectivity index (χ1) is 10.5. The number of nitro benzene ring substituents is 1. The number of benzene rings is 2. The van der Waals surface area contributed by atoms with Crippen LogP contribution in [0.4, 0.5) is 5.69 Å². The highest BCUT2D eigenvalue weighted by Gasteiger charge is 2.15. The van der Waals surface area contributed by atoms with Crippen molar-refractivity contribution >= 4 is 29.4 Å². The molecule has 2 rings (SSSR count). The molecule has 0 aliphatic heterocycles. The van der Waals surface area contributed by atoms with E-state index in [1.165, 1.54) is 30.5 Å². The van der Waals surface area contributed by atoms with E-state index in [2.05, 4.69) is 10.5 Å². The SMILES string of the molecule is O=C(NN=Cc1ccc(O)cc1)c1ccc(Cl)c([N+](=O)[O-])c1. The average molecular weight is 320 g/mol. The average Bonchev–Trinajstić information content (AvgIpc) is 2.49. The third-order valence-corrected chi connectivity index (χ3v) is 3.00. The number of rotatable bonds is 4. The lowest BCUT2D eigenvalue weighted by molar-refractivity contribution is -0.384. The van der Waals surface area contributed by atoms with Crippen LogP contribution in [0.2, 0.25) is 5.02 Å². The second-order valence-electron chi connectivity index (χ2n) is 4.21. The number of aromatic hydroxyl groups is 1. The topological polar surface area (TPSA) is 105 Å². The Kier molecular flexibility index (Phi) is 4.70. The lowest BCUT2D eigenvalue weighted by Gasteiger charge is -2.01. The van der Waals surface area contributed by atoms with Crippen LogP contribution in [0.15, 0.2) is 47.6 Å². The van der Waals surface area contributed by atoms with Gasteiger partial charge in [-0.3, -0.25) is 14.9 Å². The molecule has 0 radical (unpaired) electrons. The summed E-state index contributed by atoms with van der Waals surface area (Å²) in [6, 6.07) is 9.89. The van der Waals surface area contributed by atoms with Crippen LogP contribution in [-0.4, -0.2) is 22.2 Å². The summed E-state index contributed by atoms with van der Waals surface area (Å²) in [6.07, 6.45) is 1.38. The van der Waals surface area contributed by atoms with Crippen LogP contribution in [0.3, 0.4) is 0 Å². The number of nitrogens with one attached hydrogen (secondary N) is 1. The van der Waals surface area contributed by atoms with Gasteiger partial charge in [0.1, 0.15) is 10.8 Å². The van der Waals surface area contributed by atoms with Crippen LogP contribution in [-0.2, 0) is 0 Å². The van der Waals surface area contributed by atoms with Gasteiger partial charge in [0.15, 0.2) is 0 Å². The smallest absolute Gasteiger partial charge is 0.288 e. The zero-order chi connectivity index (χ0) is 16.1.